The standard InChI is InChI=1S/C31H20N3O.C21H23N2Si.Ir/c1-20-14-19-25-24-10-7-11-26(29(24)35-31(25)32-20)30-33-27-12-5-6-13-28(27)34(30)23-17-15-22(16-18-23)21-8-3-2-4-9-21;1-15-11-18(12-16(2)23-15)19-13-20(17-9-7-6-8-10-17)22-14-21(19)24(3,4)5;/h2-10,12-19H,1H3;6-9,11-14H,1-5H3;/q2*-1;. The molecule has 10 aromatic rings. The molecule has 5 aromatic carbocycles. The quantitative estimate of drug-likeness (QED) is 0.123. The van der Waals surface area contributed by atoms with Crippen LogP contribution in [0.4, 0.5) is 0 Å². The molecule has 0 aliphatic carbocycles. The zero-order chi connectivity index (χ0) is 40.7. The number of benzene rings is 5. The topological polar surface area (TPSA) is 69.6 Å². The molecule has 0 unspecified atom stereocenters. The third-order valence-corrected chi connectivity index (χ3v) is 12.6. The number of nitrogens with zero attached hydrogens (tertiary/aromatic N) is 5. The van der Waals surface area contributed by atoms with Gasteiger partial charge in [-0.3, -0.25) is 9.97 Å². The molecule has 0 bridgehead atoms. The first kappa shape index (κ1) is 40.5. The number of rotatable bonds is 6. The van der Waals surface area contributed by atoms with Gasteiger partial charge in [0.05, 0.1) is 30.5 Å². The minimum Gasteiger partial charge on any atom is -0.486 e. The number of para-hydroxylation sites is 2. The number of fused-ring (bicyclic) bond motifs is 4. The van der Waals surface area contributed by atoms with Gasteiger partial charge in [-0.15, -0.1) is 54.1 Å². The first-order chi connectivity index (χ1) is 28.6. The van der Waals surface area contributed by atoms with E-state index in [1.807, 2.05) is 67.6 Å². The van der Waals surface area contributed by atoms with Crippen molar-refractivity contribution < 1.29 is 24.5 Å². The molecule has 0 aliphatic rings. The normalized spacial score (nSPS) is 11.4. The smallest absolute Gasteiger partial charge is 0.216 e. The van der Waals surface area contributed by atoms with Crippen LogP contribution in [0, 0.1) is 32.9 Å². The maximum absolute atomic E-state index is 6.29. The zero-order valence-corrected chi connectivity index (χ0v) is 37.8. The molecule has 0 fully saturated rings. The summed E-state index contributed by atoms with van der Waals surface area (Å²) in [4.78, 5) is 18.9. The number of hydrogen-bond acceptors (Lipinski definition) is 5. The number of pyridine rings is 3. The van der Waals surface area contributed by atoms with E-state index in [0.717, 1.165) is 72.8 Å². The predicted molar refractivity (Wildman–Crippen MR) is 245 cm³/mol. The Morgan fingerprint density at radius 1 is 0.600 bits per heavy atom. The summed E-state index contributed by atoms with van der Waals surface area (Å²) < 4.78 is 8.47. The minimum absolute atomic E-state index is 0. The number of aryl methyl sites for hydroxylation is 3. The third kappa shape index (κ3) is 8.02. The van der Waals surface area contributed by atoms with Crippen molar-refractivity contribution in [1.82, 2.24) is 24.5 Å². The maximum atomic E-state index is 6.29. The molecule has 5 aromatic heterocycles. The van der Waals surface area contributed by atoms with Gasteiger partial charge in [-0.05, 0) is 102 Å². The van der Waals surface area contributed by atoms with Gasteiger partial charge in [-0.1, -0.05) is 91.3 Å². The van der Waals surface area contributed by atoms with Gasteiger partial charge in [0.25, 0.3) is 0 Å². The molecule has 1 radical (unpaired) electrons. The first-order valence-corrected chi connectivity index (χ1v) is 23.4. The van der Waals surface area contributed by atoms with Gasteiger partial charge in [0.2, 0.25) is 5.71 Å². The monoisotopic (exact) mass is 974 g/mol. The molecule has 8 heteroatoms. The SMILES string of the molecule is Cc1cc(-c2cc(-c3[c-]cccc3)ncc2[Si](C)(C)C)cc(C)n1.Cc1ccc2c(n1)oc1c(-c3nc4ccccc4n3-c3ccc(-c4ccccc4)cc3)[c-]ccc12.[Ir]. The van der Waals surface area contributed by atoms with E-state index in [4.69, 9.17) is 14.4 Å². The van der Waals surface area contributed by atoms with Crippen LogP contribution in [0.1, 0.15) is 17.1 Å². The van der Waals surface area contributed by atoms with Gasteiger partial charge in [-0.2, -0.15) is 0 Å². The summed E-state index contributed by atoms with van der Waals surface area (Å²) in [6.07, 6.45) is 2.07. The predicted octanol–water partition coefficient (Wildman–Crippen LogP) is 12.5. The Balaban J connectivity index is 0.000000176. The molecule has 0 saturated heterocycles. The van der Waals surface area contributed by atoms with E-state index in [2.05, 4.69) is 151 Å². The first-order valence-electron chi connectivity index (χ1n) is 19.9. The minimum atomic E-state index is -1.51. The maximum Gasteiger partial charge on any atom is 0.216 e. The number of aromatic nitrogens is 5. The summed E-state index contributed by atoms with van der Waals surface area (Å²) >= 11 is 0. The Hall–Kier alpha value is -6.31. The molecule has 0 amide bonds. The Labute approximate surface area is 365 Å². The van der Waals surface area contributed by atoms with Crippen LogP contribution in [0.5, 0.6) is 0 Å². The number of furan rings is 1. The van der Waals surface area contributed by atoms with Crippen molar-refractivity contribution in [3.8, 4) is 50.6 Å². The molecule has 297 valence electrons. The largest absolute Gasteiger partial charge is 0.486 e. The summed E-state index contributed by atoms with van der Waals surface area (Å²) in [5.74, 6) is 0.792. The molecule has 0 N–H and O–H groups in total. The fourth-order valence-electron chi connectivity index (χ4n) is 7.75. The molecule has 0 saturated carbocycles. The number of imidazole rings is 1. The Kier molecular flexibility index (Phi) is 11.3. The molecule has 0 atom stereocenters. The van der Waals surface area contributed by atoms with Crippen LogP contribution < -0.4 is 5.19 Å². The van der Waals surface area contributed by atoms with Gasteiger partial charge < -0.3 is 14.0 Å². The van der Waals surface area contributed by atoms with Crippen molar-refractivity contribution in [3.05, 3.63) is 181 Å². The van der Waals surface area contributed by atoms with E-state index in [9.17, 15) is 0 Å². The second-order valence-corrected chi connectivity index (χ2v) is 21.0. The van der Waals surface area contributed by atoms with Gasteiger partial charge in [0.15, 0.2) is 0 Å². The van der Waals surface area contributed by atoms with Crippen LogP contribution in [0.15, 0.2) is 156 Å². The van der Waals surface area contributed by atoms with Crippen LogP contribution in [0.2, 0.25) is 19.6 Å². The average molecular weight is 974 g/mol. The second kappa shape index (κ2) is 16.7. The van der Waals surface area contributed by atoms with Crippen molar-refractivity contribution >= 4 is 46.4 Å². The van der Waals surface area contributed by atoms with E-state index in [1.165, 1.54) is 27.4 Å². The zero-order valence-electron chi connectivity index (χ0n) is 34.4. The van der Waals surface area contributed by atoms with Gasteiger partial charge in [0.1, 0.15) is 0 Å². The summed E-state index contributed by atoms with van der Waals surface area (Å²) in [7, 11) is -1.51. The summed E-state index contributed by atoms with van der Waals surface area (Å²) in [5.41, 5.74) is 15.1. The van der Waals surface area contributed by atoms with Crippen LogP contribution in [0.3, 0.4) is 0 Å². The van der Waals surface area contributed by atoms with Gasteiger partial charge in [-0.25, -0.2) is 4.98 Å². The molecule has 0 aliphatic heterocycles. The van der Waals surface area contributed by atoms with E-state index >= 15 is 0 Å². The molecule has 10 rings (SSSR count). The van der Waals surface area contributed by atoms with Crippen molar-refractivity contribution in [2.24, 2.45) is 0 Å². The fourth-order valence-corrected chi connectivity index (χ4v) is 9.23. The van der Waals surface area contributed by atoms with Crippen molar-refractivity contribution in [3.63, 3.8) is 0 Å². The summed E-state index contributed by atoms with van der Waals surface area (Å²) in [6.45, 7) is 13.2. The van der Waals surface area contributed by atoms with Crippen LogP contribution in [0.25, 0.3) is 83.7 Å². The van der Waals surface area contributed by atoms with Crippen molar-refractivity contribution in [1.29, 1.82) is 0 Å². The third-order valence-electron chi connectivity index (χ3n) is 10.5. The van der Waals surface area contributed by atoms with Crippen molar-refractivity contribution in [2.45, 2.75) is 40.4 Å². The van der Waals surface area contributed by atoms with E-state index in [-0.39, 0.29) is 20.1 Å². The Morgan fingerprint density at radius 2 is 1.32 bits per heavy atom. The molecular weight excluding hydrogens is 931 g/mol. The van der Waals surface area contributed by atoms with Gasteiger partial charge >= 0.3 is 0 Å². The van der Waals surface area contributed by atoms with E-state index in [1.54, 1.807) is 0 Å². The molecule has 0 spiro atoms. The van der Waals surface area contributed by atoms with Crippen LogP contribution in [-0.4, -0.2) is 32.6 Å². The van der Waals surface area contributed by atoms with E-state index < -0.39 is 8.07 Å². The molecular formula is C52H43IrN5OSi-2. The van der Waals surface area contributed by atoms with Crippen LogP contribution >= 0.6 is 0 Å². The molecule has 60 heavy (non-hydrogen) atoms. The van der Waals surface area contributed by atoms with E-state index in [0.29, 0.717) is 5.71 Å². The van der Waals surface area contributed by atoms with Gasteiger partial charge in [0, 0.05) is 54.5 Å². The fraction of sp³-hybridized carbons (Fsp3) is 0.115. The molecule has 5 heterocycles. The van der Waals surface area contributed by atoms with Crippen molar-refractivity contribution in [2.75, 3.05) is 0 Å². The summed E-state index contributed by atoms with van der Waals surface area (Å²) in [6, 6.07) is 56.5. The second-order valence-electron chi connectivity index (χ2n) is 16.0. The van der Waals surface area contributed by atoms with Crippen LogP contribution in [-0.2, 0) is 20.1 Å². The molecule has 6 nitrogen and oxygen atoms in total. The Morgan fingerprint density at radius 3 is 2.05 bits per heavy atom. The number of hydrogen-bond donors (Lipinski definition) is 0. The average Bonchev–Trinajstić information content (AvgIpc) is 3.82. The Bertz CT molecular complexity index is 3100. The summed E-state index contributed by atoms with van der Waals surface area (Å²) in [5, 5.41) is 3.39.